The van der Waals surface area contributed by atoms with Crippen LogP contribution in [0.3, 0.4) is 0 Å². The van der Waals surface area contributed by atoms with Gasteiger partial charge in [0.25, 0.3) is 0 Å². The van der Waals surface area contributed by atoms with E-state index >= 15 is 0 Å². The predicted octanol–water partition coefficient (Wildman–Crippen LogP) is 1.22. The van der Waals surface area contributed by atoms with E-state index in [0.717, 1.165) is 37.3 Å². The van der Waals surface area contributed by atoms with Crippen LogP contribution in [0.2, 0.25) is 0 Å². The SMILES string of the molecule is CCOCCCNC(N)=NCc1cncc(C)c1. The third-order valence-corrected chi connectivity index (χ3v) is 2.34. The van der Waals surface area contributed by atoms with Crippen LogP contribution in [0, 0.1) is 6.92 Å². The van der Waals surface area contributed by atoms with Gasteiger partial charge in [0.05, 0.1) is 6.54 Å². The Morgan fingerprint density at radius 3 is 3.06 bits per heavy atom. The van der Waals surface area contributed by atoms with Gasteiger partial charge in [0.1, 0.15) is 0 Å². The first-order valence-corrected chi connectivity index (χ1v) is 6.24. The smallest absolute Gasteiger partial charge is 0.188 e. The highest BCUT2D eigenvalue weighted by molar-refractivity contribution is 5.77. The summed E-state index contributed by atoms with van der Waals surface area (Å²) in [5, 5.41) is 3.05. The number of pyridine rings is 1. The Hall–Kier alpha value is -1.62. The Morgan fingerprint density at radius 2 is 2.33 bits per heavy atom. The molecule has 0 aliphatic rings. The van der Waals surface area contributed by atoms with Crippen molar-refractivity contribution < 1.29 is 4.74 Å². The van der Waals surface area contributed by atoms with Crippen molar-refractivity contribution in [1.82, 2.24) is 10.3 Å². The Bertz CT molecular complexity index is 379. The second-order valence-corrected chi connectivity index (χ2v) is 4.05. The van der Waals surface area contributed by atoms with Crippen LogP contribution in [-0.4, -0.2) is 30.7 Å². The van der Waals surface area contributed by atoms with E-state index in [1.807, 2.05) is 20.0 Å². The lowest BCUT2D eigenvalue weighted by atomic mass is 10.2. The summed E-state index contributed by atoms with van der Waals surface area (Å²) in [5.74, 6) is 0.466. The molecule has 0 atom stereocenters. The molecule has 1 rings (SSSR count). The van der Waals surface area contributed by atoms with Crippen molar-refractivity contribution in [2.45, 2.75) is 26.8 Å². The van der Waals surface area contributed by atoms with Crippen LogP contribution in [0.15, 0.2) is 23.5 Å². The summed E-state index contributed by atoms with van der Waals surface area (Å²) in [6.45, 7) is 6.83. The molecule has 0 fully saturated rings. The van der Waals surface area contributed by atoms with Crippen LogP contribution in [0.4, 0.5) is 0 Å². The number of nitrogens with two attached hydrogens (primary N) is 1. The highest BCUT2D eigenvalue weighted by Gasteiger charge is 1.95. The zero-order valence-electron chi connectivity index (χ0n) is 11.1. The number of aliphatic imine (C=N–C) groups is 1. The van der Waals surface area contributed by atoms with Crippen molar-refractivity contribution >= 4 is 5.96 Å². The number of hydrogen-bond donors (Lipinski definition) is 2. The van der Waals surface area contributed by atoms with Gasteiger partial charge in [-0.1, -0.05) is 6.07 Å². The standard InChI is InChI=1S/C13H22N4O/c1-3-18-6-4-5-16-13(14)17-10-12-7-11(2)8-15-9-12/h7-9H,3-6,10H2,1-2H3,(H3,14,16,17). The number of aryl methyl sites for hydroxylation is 1. The minimum Gasteiger partial charge on any atom is -0.382 e. The Balaban J connectivity index is 2.25. The van der Waals surface area contributed by atoms with E-state index in [2.05, 4.69) is 21.4 Å². The number of rotatable bonds is 7. The Kier molecular flexibility index (Phi) is 6.79. The van der Waals surface area contributed by atoms with Crippen LogP contribution in [0.1, 0.15) is 24.5 Å². The van der Waals surface area contributed by atoms with Crippen molar-refractivity contribution in [1.29, 1.82) is 0 Å². The molecule has 18 heavy (non-hydrogen) atoms. The largest absolute Gasteiger partial charge is 0.382 e. The summed E-state index contributed by atoms with van der Waals surface area (Å²) >= 11 is 0. The van der Waals surface area contributed by atoms with Crippen molar-refractivity contribution in [3.05, 3.63) is 29.6 Å². The fourth-order valence-corrected chi connectivity index (χ4v) is 1.47. The predicted molar refractivity (Wildman–Crippen MR) is 73.4 cm³/mol. The highest BCUT2D eigenvalue weighted by atomic mass is 16.5. The van der Waals surface area contributed by atoms with E-state index in [1.165, 1.54) is 0 Å². The lowest BCUT2D eigenvalue weighted by Crippen LogP contribution is -2.32. The van der Waals surface area contributed by atoms with Crippen molar-refractivity contribution in [3.63, 3.8) is 0 Å². The first-order chi connectivity index (χ1) is 8.72. The maximum Gasteiger partial charge on any atom is 0.188 e. The molecule has 0 unspecified atom stereocenters. The molecule has 5 nitrogen and oxygen atoms in total. The van der Waals surface area contributed by atoms with Gasteiger partial charge in [-0.3, -0.25) is 4.98 Å². The van der Waals surface area contributed by atoms with Gasteiger partial charge in [-0.25, -0.2) is 4.99 Å². The molecule has 1 aromatic heterocycles. The third kappa shape index (κ3) is 6.20. The molecule has 0 aliphatic heterocycles. The minimum absolute atomic E-state index is 0.466. The van der Waals surface area contributed by atoms with E-state index in [9.17, 15) is 0 Å². The summed E-state index contributed by atoms with van der Waals surface area (Å²) in [5.41, 5.74) is 7.95. The fourth-order valence-electron chi connectivity index (χ4n) is 1.47. The molecule has 0 bridgehead atoms. The third-order valence-electron chi connectivity index (χ3n) is 2.34. The monoisotopic (exact) mass is 250 g/mol. The number of nitrogens with zero attached hydrogens (tertiary/aromatic N) is 2. The molecule has 0 amide bonds. The number of nitrogens with one attached hydrogen (secondary N) is 1. The van der Waals surface area contributed by atoms with Crippen LogP contribution in [0.5, 0.6) is 0 Å². The van der Waals surface area contributed by atoms with Gasteiger partial charge in [0.15, 0.2) is 5.96 Å². The number of aromatic nitrogens is 1. The number of hydrogen-bond acceptors (Lipinski definition) is 3. The molecule has 1 aromatic rings. The van der Waals surface area contributed by atoms with Crippen LogP contribution >= 0.6 is 0 Å². The molecule has 1 heterocycles. The van der Waals surface area contributed by atoms with E-state index < -0.39 is 0 Å². The molecule has 5 heteroatoms. The zero-order chi connectivity index (χ0) is 13.2. The average Bonchev–Trinajstić information content (AvgIpc) is 2.36. The second-order valence-electron chi connectivity index (χ2n) is 4.05. The van der Waals surface area contributed by atoms with E-state index in [4.69, 9.17) is 10.5 Å². The van der Waals surface area contributed by atoms with E-state index in [-0.39, 0.29) is 0 Å². The summed E-state index contributed by atoms with van der Waals surface area (Å²) in [6.07, 6.45) is 4.55. The van der Waals surface area contributed by atoms with E-state index in [0.29, 0.717) is 12.5 Å². The highest BCUT2D eigenvalue weighted by Crippen LogP contribution is 2.02. The average molecular weight is 250 g/mol. The molecule has 0 spiro atoms. The van der Waals surface area contributed by atoms with Gasteiger partial charge in [0, 0.05) is 32.2 Å². The molecule has 0 aromatic carbocycles. The lowest BCUT2D eigenvalue weighted by molar-refractivity contribution is 0.145. The summed E-state index contributed by atoms with van der Waals surface area (Å²) in [4.78, 5) is 8.37. The van der Waals surface area contributed by atoms with E-state index in [1.54, 1.807) is 6.20 Å². The maximum atomic E-state index is 5.75. The van der Waals surface area contributed by atoms with Gasteiger partial charge in [-0.15, -0.1) is 0 Å². The van der Waals surface area contributed by atoms with Gasteiger partial charge < -0.3 is 15.8 Å². The van der Waals surface area contributed by atoms with Crippen molar-refractivity contribution in [3.8, 4) is 0 Å². The molecular formula is C13H22N4O. The number of ether oxygens (including phenoxy) is 1. The van der Waals surface area contributed by atoms with Crippen molar-refractivity contribution in [2.24, 2.45) is 10.7 Å². The number of guanidine groups is 1. The molecule has 0 saturated heterocycles. The zero-order valence-corrected chi connectivity index (χ0v) is 11.1. The first-order valence-electron chi connectivity index (χ1n) is 6.24. The van der Waals surface area contributed by atoms with Crippen LogP contribution in [-0.2, 0) is 11.3 Å². The molecule has 0 aliphatic carbocycles. The normalized spacial score (nSPS) is 11.6. The second kappa shape index (κ2) is 8.47. The van der Waals surface area contributed by atoms with Crippen molar-refractivity contribution in [2.75, 3.05) is 19.8 Å². The van der Waals surface area contributed by atoms with Gasteiger partial charge in [0.2, 0.25) is 0 Å². The molecule has 0 radical (unpaired) electrons. The summed E-state index contributed by atoms with van der Waals surface area (Å²) in [7, 11) is 0. The van der Waals surface area contributed by atoms with Gasteiger partial charge >= 0.3 is 0 Å². The summed E-state index contributed by atoms with van der Waals surface area (Å²) in [6, 6.07) is 2.05. The van der Waals surface area contributed by atoms with Gasteiger partial charge in [-0.2, -0.15) is 0 Å². The lowest BCUT2D eigenvalue weighted by Gasteiger charge is -2.05. The fraction of sp³-hybridized carbons (Fsp3) is 0.538. The van der Waals surface area contributed by atoms with Gasteiger partial charge in [-0.05, 0) is 31.4 Å². The molecule has 100 valence electrons. The molecular weight excluding hydrogens is 228 g/mol. The maximum absolute atomic E-state index is 5.75. The molecule has 0 saturated carbocycles. The first kappa shape index (κ1) is 14.4. The quantitative estimate of drug-likeness (QED) is 0.433. The van der Waals surface area contributed by atoms with Crippen LogP contribution in [0.25, 0.3) is 0 Å². The van der Waals surface area contributed by atoms with Crippen LogP contribution < -0.4 is 11.1 Å². The Labute approximate surface area is 108 Å². The Morgan fingerprint density at radius 1 is 1.50 bits per heavy atom. The minimum atomic E-state index is 0.466. The summed E-state index contributed by atoms with van der Waals surface area (Å²) < 4.78 is 5.23. The molecule has 3 N–H and O–H groups in total. The topological polar surface area (TPSA) is 72.5 Å².